The van der Waals surface area contributed by atoms with E-state index in [1.807, 2.05) is 11.3 Å². The lowest BCUT2D eigenvalue weighted by molar-refractivity contribution is 0.0341. The van der Waals surface area contributed by atoms with Gasteiger partial charge in [-0.3, -0.25) is 4.90 Å². The number of aromatic nitrogens is 2. The molecule has 1 N–H and O–H groups in total. The Morgan fingerprint density at radius 3 is 2.86 bits per heavy atom. The molecule has 0 unspecified atom stereocenters. The second-order valence-corrected chi connectivity index (χ2v) is 9.35. The van der Waals surface area contributed by atoms with Crippen molar-refractivity contribution in [1.82, 2.24) is 14.9 Å². The molecule has 1 aromatic carbocycles. The molecule has 0 saturated carbocycles. The maximum atomic E-state index is 5.49. The minimum Gasteiger partial charge on any atom is -0.379 e. The van der Waals surface area contributed by atoms with Gasteiger partial charge in [-0.2, -0.15) is 0 Å². The average Bonchev–Trinajstić information content (AvgIpc) is 3.12. The molecular formula is C23H28N4OS. The third-order valence-electron chi connectivity index (χ3n) is 6.15. The van der Waals surface area contributed by atoms with Crippen LogP contribution in [0.15, 0.2) is 30.6 Å². The summed E-state index contributed by atoms with van der Waals surface area (Å²) in [5.41, 5.74) is 4.20. The number of anilines is 1. The number of aryl methyl sites for hydroxylation is 1. The number of hydrogen-bond donors (Lipinski definition) is 1. The Labute approximate surface area is 176 Å². The molecular weight excluding hydrogens is 380 g/mol. The second-order valence-electron chi connectivity index (χ2n) is 8.26. The molecule has 152 valence electrons. The lowest BCUT2D eigenvalue weighted by Gasteiger charge is -2.27. The Hall–Kier alpha value is -2.02. The van der Waals surface area contributed by atoms with E-state index in [-0.39, 0.29) is 0 Å². The lowest BCUT2D eigenvalue weighted by atomic mass is 9.89. The zero-order valence-electron chi connectivity index (χ0n) is 17.0. The first-order valence-electron chi connectivity index (χ1n) is 10.6. The van der Waals surface area contributed by atoms with E-state index < -0.39 is 0 Å². The first-order valence-corrected chi connectivity index (χ1v) is 11.5. The molecule has 0 radical (unpaired) electrons. The van der Waals surface area contributed by atoms with Gasteiger partial charge in [0.1, 0.15) is 17.0 Å². The van der Waals surface area contributed by atoms with E-state index in [1.165, 1.54) is 39.8 Å². The summed E-state index contributed by atoms with van der Waals surface area (Å²) in [6.45, 7) is 7.80. The number of hydrogen-bond acceptors (Lipinski definition) is 6. The van der Waals surface area contributed by atoms with Gasteiger partial charge in [-0.1, -0.05) is 31.2 Å². The minimum atomic E-state index is 0.770. The smallest absolute Gasteiger partial charge is 0.138 e. The molecule has 5 nitrogen and oxygen atoms in total. The van der Waals surface area contributed by atoms with E-state index >= 15 is 0 Å². The highest BCUT2D eigenvalue weighted by Gasteiger charge is 2.23. The Bertz CT molecular complexity index is 996. The SMILES string of the molecule is C[C@@H]1CCc2c(sc3ncnc(NCc4ccccc4CN4CCOCC4)c23)C1. The highest BCUT2D eigenvalue weighted by atomic mass is 32.1. The van der Waals surface area contributed by atoms with E-state index in [0.717, 1.165) is 62.4 Å². The molecule has 2 aliphatic rings. The van der Waals surface area contributed by atoms with Gasteiger partial charge in [0.2, 0.25) is 0 Å². The molecule has 1 saturated heterocycles. The molecule has 0 bridgehead atoms. The van der Waals surface area contributed by atoms with Gasteiger partial charge < -0.3 is 10.1 Å². The summed E-state index contributed by atoms with van der Waals surface area (Å²) in [6.07, 6.45) is 5.29. The van der Waals surface area contributed by atoms with Crippen LogP contribution in [0.1, 0.15) is 34.9 Å². The summed E-state index contributed by atoms with van der Waals surface area (Å²) in [4.78, 5) is 14.3. The van der Waals surface area contributed by atoms with Gasteiger partial charge in [-0.15, -0.1) is 11.3 Å². The van der Waals surface area contributed by atoms with E-state index in [0.29, 0.717) is 0 Å². The fraction of sp³-hybridized carbons (Fsp3) is 0.478. The highest BCUT2D eigenvalue weighted by Crippen LogP contribution is 2.39. The van der Waals surface area contributed by atoms with Crippen molar-refractivity contribution in [2.45, 2.75) is 39.3 Å². The Kier molecular flexibility index (Phi) is 5.48. The summed E-state index contributed by atoms with van der Waals surface area (Å²) in [5, 5.41) is 4.90. The van der Waals surface area contributed by atoms with Crippen LogP contribution in [-0.2, 0) is 30.7 Å². The van der Waals surface area contributed by atoms with Crippen molar-refractivity contribution in [2.75, 3.05) is 31.6 Å². The molecule has 1 fully saturated rings. The first-order chi connectivity index (χ1) is 14.3. The predicted molar refractivity (Wildman–Crippen MR) is 118 cm³/mol. The highest BCUT2D eigenvalue weighted by molar-refractivity contribution is 7.19. The summed E-state index contributed by atoms with van der Waals surface area (Å²) < 4.78 is 5.49. The topological polar surface area (TPSA) is 50.3 Å². The third kappa shape index (κ3) is 4.02. The molecule has 6 heteroatoms. The van der Waals surface area contributed by atoms with Gasteiger partial charge >= 0.3 is 0 Å². The maximum Gasteiger partial charge on any atom is 0.138 e. The number of ether oxygens (including phenoxy) is 1. The fourth-order valence-electron chi connectivity index (χ4n) is 4.47. The van der Waals surface area contributed by atoms with Gasteiger partial charge in [0.05, 0.1) is 18.6 Å². The molecule has 1 aliphatic heterocycles. The number of morpholine rings is 1. The van der Waals surface area contributed by atoms with Crippen LogP contribution in [0, 0.1) is 5.92 Å². The molecule has 2 aromatic heterocycles. The number of thiophene rings is 1. The van der Waals surface area contributed by atoms with Crippen molar-refractivity contribution in [2.24, 2.45) is 5.92 Å². The molecule has 3 aromatic rings. The summed E-state index contributed by atoms with van der Waals surface area (Å²) in [5.74, 6) is 1.76. The van der Waals surface area contributed by atoms with Crippen LogP contribution in [0.4, 0.5) is 5.82 Å². The monoisotopic (exact) mass is 408 g/mol. The van der Waals surface area contributed by atoms with Crippen LogP contribution in [-0.4, -0.2) is 41.2 Å². The summed E-state index contributed by atoms with van der Waals surface area (Å²) >= 11 is 1.86. The largest absolute Gasteiger partial charge is 0.379 e. The number of nitrogens with zero attached hydrogens (tertiary/aromatic N) is 3. The Morgan fingerprint density at radius 1 is 1.17 bits per heavy atom. The normalized spacial score (nSPS) is 20.0. The van der Waals surface area contributed by atoms with E-state index in [1.54, 1.807) is 6.33 Å². The standard InChI is InChI=1S/C23H28N4OS/c1-16-6-7-19-20(12-16)29-23-21(19)22(25-15-26-23)24-13-17-4-2-3-5-18(17)14-27-8-10-28-11-9-27/h2-5,15-16H,6-14H2,1H3,(H,24,25,26)/t16-/m1/s1. The fourth-order valence-corrected chi connectivity index (χ4v) is 5.82. The van der Waals surface area contributed by atoms with Crippen molar-refractivity contribution in [3.8, 4) is 0 Å². The average molecular weight is 409 g/mol. The van der Waals surface area contributed by atoms with Gasteiger partial charge in [-0.25, -0.2) is 9.97 Å². The number of nitrogens with one attached hydrogen (secondary N) is 1. The first kappa shape index (κ1) is 19.0. The zero-order valence-corrected chi connectivity index (χ0v) is 17.8. The van der Waals surface area contributed by atoms with Crippen molar-refractivity contribution in [3.05, 3.63) is 52.2 Å². The van der Waals surface area contributed by atoms with Crippen LogP contribution >= 0.6 is 11.3 Å². The van der Waals surface area contributed by atoms with Crippen molar-refractivity contribution in [1.29, 1.82) is 0 Å². The minimum absolute atomic E-state index is 0.770. The van der Waals surface area contributed by atoms with Crippen LogP contribution in [0.5, 0.6) is 0 Å². The molecule has 0 spiro atoms. The molecule has 1 atom stereocenters. The molecule has 5 rings (SSSR count). The molecule has 29 heavy (non-hydrogen) atoms. The second kappa shape index (κ2) is 8.38. The van der Waals surface area contributed by atoms with Crippen LogP contribution in [0.25, 0.3) is 10.2 Å². The molecule has 0 amide bonds. The van der Waals surface area contributed by atoms with Crippen LogP contribution in [0.2, 0.25) is 0 Å². The van der Waals surface area contributed by atoms with E-state index in [9.17, 15) is 0 Å². The van der Waals surface area contributed by atoms with Gasteiger partial charge in [-0.05, 0) is 41.9 Å². The van der Waals surface area contributed by atoms with Crippen LogP contribution in [0.3, 0.4) is 0 Å². The van der Waals surface area contributed by atoms with Gasteiger partial charge in [0.15, 0.2) is 0 Å². The van der Waals surface area contributed by atoms with Gasteiger partial charge in [0.25, 0.3) is 0 Å². The van der Waals surface area contributed by atoms with Gasteiger partial charge in [0, 0.05) is 31.1 Å². The van der Waals surface area contributed by atoms with E-state index in [4.69, 9.17) is 4.74 Å². The Balaban J connectivity index is 1.37. The number of fused-ring (bicyclic) bond motifs is 3. The lowest BCUT2D eigenvalue weighted by Crippen LogP contribution is -2.35. The molecule has 3 heterocycles. The van der Waals surface area contributed by atoms with Crippen LogP contribution < -0.4 is 5.32 Å². The van der Waals surface area contributed by atoms with Crippen molar-refractivity contribution >= 4 is 27.4 Å². The quantitative estimate of drug-likeness (QED) is 0.684. The third-order valence-corrected chi connectivity index (χ3v) is 7.32. The Morgan fingerprint density at radius 2 is 2.00 bits per heavy atom. The predicted octanol–water partition coefficient (Wildman–Crippen LogP) is 4.26. The van der Waals surface area contributed by atoms with Crippen molar-refractivity contribution in [3.63, 3.8) is 0 Å². The molecule has 1 aliphatic carbocycles. The van der Waals surface area contributed by atoms with Crippen molar-refractivity contribution < 1.29 is 4.74 Å². The maximum absolute atomic E-state index is 5.49. The van der Waals surface area contributed by atoms with E-state index in [2.05, 4.69) is 51.4 Å². The summed E-state index contributed by atoms with van der Waals surface area (Å²) in [6, 6.07) is 8.74. The summed E-state index contributed by atoms with van der Waals surface area (Å²) in [7, 11) is 0. The number of benzene rings is 1. The number of rotatable bonds is 5. The zero-order chi connectivity index (χ0) is 19.6.